The predicted molar refractivity (Wildman–Crippen MR) is 99.4 cm³/mol. The Kier molecular flexibility index (Phi) is 4.66. The number of para-hydroxylation sites is 1. The molecule has 2 aromatic carbocycles. The predicted octanol–water partition coefficient (Wildman–Crippen LogP) is 4.41. The summed E-state index contributed by atoms with van der Waals surface area (Å²) in [5.74, 6) is -0.430. The zero-order valence-corrected chi connectivity index (χ0v) is 15.2. The maximum Gasteiger partial charge on any atom is 0.417 e. The average Bonchev–Trinajstić information content (AvgIpc) is 2.84. The molecule has 1 aliphatic rings. The minimum Gasteiger partial charge on any atom is -0.306 e. The van der Waals surface area contributed by atoms with Gasteiger partial charge in [0, 0.05) is 5.69 Å². The van der Waals surface area contributed by atoms with E-state index in [2.05, 4.69) is 0 Å². The van der Waals surface area contributed by atoms with Crippen LogP contribution in [0.2, 0.25) is 0 Å². The molecule has 0 aromatic heterocycles. The van der Waals surface area contributed by atoms with Gasteiger partial charge in [-0.1, -0.05) is 18.2 Å². The number of anilines is 2. The maximum atomic E-state index is 13.3. The molecule has 8 heteroatoms. The van der Waals surface area contributed by atoms with Crippen molar-refractivity contribution in [2.45, 2.75) is 26.1 Å². The van der Waals surface area contributed by atoms with Crippen LogP contribution in [-0.2, 0) is 11.0 Å². The number of alkyl halides is 3. The number of hydrogen-bond donors (Lipinski definition) is 0. The van der Waals surface area contributed by atoms with E-state index in [4.69, 9.17) is 17.5 Å². The summed E-state index contributed by atoms with van der Waals surface area (Å²) in [5.41, 5.74) is -0.0142. The van der Waals surface area contributed by atoms with E-state index in [1.54, 1.807) is 24.0 Å². The lowest BCUT2D eigenvalue weighted by Gasteiger charge is -2.24. The molecule has 1 aliphatic heterocycles. The number of carbonyl (C=O) groups is 1. The third-order valence-corrected chi connectivity index (χ3v) is 4.80. The molecule has 1 amide bonds. The molecule has 0 spiro atoms. The lowest BCUT2D eigenvalue weighted by molar-refractivity contribution is -0.137. The fourth-order valence-corrected chi connectivity index (χ4v) is 3.50. The Balaban J connectivity index is 2.09. The Bertz CT molecular complexity index is 981. The van der Waals surface area contributed by atoms with Gasteiger partial charge in [-0.15, -0.1) is 0 Å². The van der Waals surface area contributed by atoms with Crippen LogP contribution in [0.25, 0.3) is 0 Å². The van der Waals surface area contributed by atoms with Crippen molar-refractivity contribution in [1.82, 2.24) is 0 Å². The molecule has 1 unspecified atom stereocenters. The molecule has 4 nitrogen and oxygen atoms in total. The van der Waals surface area contributed by atoms with Gasteiger partial charge in [0.15, 0.2) is 5.11 Å². The van der Waals surface area contributed by atoms with Crippen molar-refractivity contribution < 1.29 is 18.0 Å². The maximum absolute atomic E-state index is 13.3. The van der Waals surface area contributed by atoms with Crippen molar-refractivity contribution in [2.24, 2.45) is 0 Å². The SMILES string of the molecule is Cc1ccccc1N1C(=S)N(c2ccc(C#N)c(C(F)(F)F)c2)C(=O)C1C. The monoisotopic (exact) mass is 389 g/mol. The quantitative estimate of drug-likeness (QED) is 0.714. The van der Waals surface area contributed by atoms with E-state index in [1.165, 1.54) is 12.1 Å². The highest BCUT2D eigenvalue weighted by Gasteiger charge is 2.43. The van der Waals surface area contributed by atoms with Gasteiger partial charge in [0.25, 0.3) is 5.91 Å². The number of amides is 1. The normalized spacial score (nSPS) is 17.4. The second-order valence-electron chi connectivity index (χ2n) is 6.13. The number of nitriles is 1. The van der Waals surface area contributed by atoms with Crippen LogP contribution in [0.3, 0.4) is 0 Å². The zero-order valence-electron chi connectivity index (χ0n) is 14.4. The number of thiocarbonyl (C=S) groups is 1. The molecular formula is C19H14F3N3OS. The Morgan fingerprint density at radius 3 is 2.44 bits per heavy atom. The molecule has 0 bridgehead atoms. The Morgan fingerprint density at radius 1 is 1.19 bits per heavy atom. The van der Waals surface area contributed by atoms with Gasteiger partial charge in [0.05, 0.1) is 22.9 Å². The van der Waals surface area contributed by atoms with E-state index in [0.29, 0.717) is 0 Å². The molecular weight excluding hydrogens is 375 g/mol. The number of halogens is 3. The molecule has 3 rings (SSSR count). The molecule has 0 radical (unpaired) electrons. The van der Waals surface area contributed by atoms with Crippen LogP contribution in [0.4, 0.5) is 24.5 Å². The van der Waals surface area contributed by atoms with Gasteiger partial charge < -0.3 is 4.90 Å². The summed E-state index contributed by atoms with van der Waals surface area (Å²) in [4.78, 5) is 15.5. The molecule has 27 heavy (non-hydrogen) atoms. The lowest BCUT2D eigenvalue weighted by Crippen LogP contribution is -2.34. The second kappa shape index (κ2) is 6.67. The van der Waals surface area contributed by atoms with Crippen LogP contribution in [-0.4, -0.2) is 17.1 Å². The van der Waals surface area contributed by atoms with Crippen LogP contribution in [0.5, 0.6) is 0 Å². The van der Waals surface area contributed by atoms with Crippen LogP contribution in [0.1, 0.15) is 23.6 Å². The van der Waals surface area contributed by atoms with Gasteiger partial charge in [-0.05, 0) is 55.9 Å². The van der Waals surface area contributed by atoms with Crippen molar-refractivity contribution in [3.8, 4) is 6.07 Å². The van der Waals surface area contributed by atoms with Crippen molar-refractivity contribution in [1.29, 1.82) is 5.26 Å². The second-order valence-corrected chi connectivity index (χ2v) is 6.49. The number of benzene rings is 2. The topological polar surface area (TPSA) is 47.3 Å². The number of hydrogen-bond acceptors (Lipinski definition) is 3. The number of aryl methyl sites for hydroxylation is 1. The number of carbonyl (C=O) groups excluding carboxylic acids is 1. The fourth-order valence-electron chi connectivity index (χ4n) is 3.05. The summed E-state index contributed by atoms with van der Waals surface area (Å²) < 4.78 is 39.8. The minimum atomic E-state index is -4.72. The van der Waals surface area contributed by atoms with Gasteiger partial charge in [-0.3, -0.25) is 9.69 Å². The van der Waals surface area contributed by atoms with Crippen LogP contribution >= 0.6 is 12.2 Å². The molecule has 138 valence electrons. The Morgan fingerprint density at radius 2 is 1.85 bits per heavy atom. The Hall–Kier alpha value is -2.92. The molecule has 2 aromatic rings. The molecule has 0 aliphatic carbocycles. The highest BCUT2D eigenvalue weighted by Crippen LogP contribution is 2.37. The molecule has 0 N–H and O–H groups in total. The summed E-state index contributed by atoms with van der Waals surface area (Å²) in [6, 6.07) is 11.3. The van der Waals surface area contributed by atoms with Crippen molar-refractivity contribution in [3.05, 3.63) is 59.2 Å². The average molecular weight is 389 g/mol. The highest BCUT2D eigenvalue weighted by atomic mass is 32.1. The molecule has 1 heterocycles. The summed E-state index contributed by atoms with van der Waals surface area (Å²) in [5, 5.41) is 9.04. The molecule has 1 saturated heterocycles. The standard InChI is InChI=1S/C19H14F3N3OS/c1-11-5-3-4-6-16(11)24-12(2)17(26)25(18(24)27)14-8-7-13(10-23)15(9-14)19(20,21)22/h3-9,12H,1-2H3. The van der Waals surface area contributed by atoms with E-state index >= 15 is 0 Å². The molecule has 0 saturated carbocycles. The zero-order chi connectivity index (χ0) is 19.9. The van der Waals surface area contributed by atoms with Crippen molar-refractivity contribution in [2.75, 3.05) is 9.80 Å². The van der Waals surface area contributed by atoms with Crippen LogP contribution < -0.4 is 9.80 Å². The van der Waals surface area contributed by atoms with Gasteiger partial charge in [-0.2, -0.15) is 18.4 Å². The first-order valence-electron chi connectivity index (χ1n) is 8.01. The molecule has 1 fully saturated rings. The van der Waals surface area contributed by atoms with Crippen molar-refractivity contribution in [3.63, 3.8) is 0 Å². The summed E-state index contributed by atoms with van der Waals surface area (Å²) in [6.45, 7) is 3.51. The summed E-state index contributed by atoms with van der Waals surface area (Å²) in [7, 11) is 0. The fraction of sp³-hybridized carbons (Fsp3) is 0.211. The molecule has 1 atom stereocenters. The first-order valence-corrected chi connectivity index (χ1v) is 8.41. The van der Waals surface area contributed by atoms with Gasteiger partial charge >= 0.3 is 6.18 Å². The third kappa shape index (κ3) is 3.15. The number of rotatable bonds is 2. The lowest BCUT2D eigenvalue weighted by atomic mass is 10.1. The Labute approximate surface area is 159 Å². The van der Waals surface area contributed by atoms with Crippen LogP contribution in [0.15, 0.2) is 42.5 Å². The van der Waals surface area contributed by atoms with Crippen molar-refractivity contribution >= 4 is 34.6 Å². The third-order valence-electron chi connectivity index (χ3n) is 4.42. The number of nitrogens with zero attached hydrogens (tertiary/aromatic N) is 3. The van der Waals surface area contributed by atoms with E-state index in [-0.39, 0.29) is 10.8 Å². The minimum absolute atomic E-state index is 0.0146. The highest BCUT2D eigenvalue weighted by molar-refractivity contribution is 7.81. The van der Waals surface area contributed by atoms with E-state index in [1.807, 2.05) is 19.1 Å². The van der Waals surface area contributed by atoms with E-state index in [9.17, 15) is 18.0 Å². The van der Waals surface area contributed by atoms with E-state index < -0.39 is 29.3 Å². The summed E-state index contributed by atoms with van der Waals surface area (Å²) >= 11 is 5.42. The van der Waals surface area contributed by atoms with Gasteiger partial charge in [0.2, 0.25) is 0 Å². The first kappa shape index (κ1) is 18.9. The van der Waals surface area contributed by atoms with E-state index in [0.717, 1.165) is 28.3 Å². The van der Waals surface area contributed by atoms with Gasteiger partial charge in [0.1, 0.15) is 6.04 Å². The smallest absolute Gasteiger partial charge is 0.306 e. The van der Waals surface area contributed by atoms with Crippen LogP contribution in [0, 0.1) is 18.3 Å². The first-order chi connectivity index (χ1) is 12.7. The largest absolute Gasteiger partial charge is 0.417 e. The van der Waals surface area contributed by atoms with Gasteiger partial charge in [-0.25, -0.2) is 0 Å². The summed E-state index contributed by atoms with van der Waals surface area (Å²) in [6.07, 6.45) is -4.72.